The van der Waals surface area contributed by atoms with Crippen molar-refractivity contribution in [2.75, 3.05) is 20.3 Å². The lowest BCUT2D eigenvalue weighted by atomic mass is 10.1. The first kappa shape index (κ1) is 24.8. The molecule has 168 valence electrons. The number of rotatable bonds is 10. The third-order valence-electron chi connectivity index (χ3n) is 4.61. The van der Waals surface area contributed by atoms with Gasteiger partial charge in [0.15, 0.2) is 6.61 Å². The van der Waals surface area contributed by atoms with Crippen molar-refractivity contribution in [3.8, 4) is 11.5 Å². The molecule has 0 radical (unpaired) electrons. The van der Waals surface area contributed by atoms with Crippen molar-refractivity contribution in [2.24, 2.45) is 5.92 Å². The number of amides is 2. The molecule has 0 aliphatic heterocycles. The summed E-state index contributed by atoms with van der Waals surface area (Å²) in [5.41, 5.74) is 0.863. The first-order valence-corrected chi connectivity index (χ1v) is 10.7. The van der Waals surface area contributed by atoms with E-state index in [9.17, 15) is 9.59 Å². The van der Waals surface area contributed by atoms with Gasteiger partial charge in [0.2, 0.25) is 5.91 Å². The summed E-state index contributed by atoms with van der Waals surface area (Å²) < 4.78 is 10.8. The molecule has 0 saturated heterocycles. The predicted octanol–water partition coefficient (Wildman–Crippen LogP) is 4.57. The normalized spacial score (nSPS) is 11.7. The van der Waals surface area contributed by atoms with Gasteiger partial charge in [0.25, 0.3) is 5.91 Å². The van der Waals surface area contributed by atoms with E-state index in [1.165, 1.54) is 4.90 Å². The number of hydrogen-bond acceptors (Lipinski definition) is 4. The number of methoxy groups -OCH3 is 1. The molecule has 0 aliphatic carbocycles. The van der Waals surface area contributed by atoms with Gasteiger partial charge < -0.3 is 19.7 Å². The number of ether oxygens (including phenoxy) is 2. The Bertz CT molecular complexity index is 888. The Labute approximate surface area is 193 Å². The van der Waals surface area contributed by atoms with E-state index in [1.807, 2.05) is 38.1 Å². The van der Waals surface area contributed by atoms with Crippen molar-refractivity contribution in [1.82, 2.24) is 10.2 Å². The lowest BCUT2D eigenvalue weighted by molar-refractivity contribution is -0.142. The lowest BCUT2D eigenvalue weighted by Gasteiger charge is -2.29. The first-order chi connectivity index (χ1) is 14.7. The smallest absolute Gasteiger partial charge is 0.261 e. The predicted molar refractivity (Wildman–Crippen MR) is 123 cm³/mol. The van der Waals surface area contributed by atoms with Crippen LogP contribution in [-0.2, 0) is 16.1 Å². The van der Waals surface area contributed by atoms with E-state index in [-0.39, 0.29) is 25.0 Å². The maximum atomic E-state index is 13.0. The van der Waals surface area contributed by atoms with Crippen LogP contribution in [0, 0.1) is 5.92 Å². The maximum absolute atomic E-state index is 13.0. The molecule has 6 nitrogen and oxygen atoms in total. The molecular weight excluding hydrogens is 439 g/mol. The molecular formula is C23H28Cl2N2O4. The van der Waals surface area contributed by atoms with E-state index in [4.69, 9.17) is 32.7 Å². The Morgan fingerprint density at radius 1 is 1.06 bits per heavy atom. The average molecular weight is 467 g/mol. The van der Waals surface area contributed by atoms with Crippen LogP contribution in [0.5, 0.6) is 11.5 Å². The number of nitrogens with one attached hydrogen (secondary N) is 1. The van der Waals surface area contributed by atoms with Crippen molar-refractivity contribution in [3.05, 3.63) is 58.1 Å². The highest BCUT2D eigenvalue weighted by molar-refractivity contribution is 6.35. The fourth-order valence-electron chi connectivity index (χ4n) is 2.78. The lowest BCUT2D eigenvalue weighted by Crippen LogP contribution is -2.49. The molecule has 0 unspecified atom stereocenters. The molecule has 0 bridgehead atoms. The molecule has 0 spiro atoms. The fourth-order valence-corrected chi connectivity index (χ4v) is 3.24. The minimum absolute atomic E-state index is 0.222. The molecule has 1 N–H and O–H groups in total. The number of halogens is 2. The second-order valence-electron chi connectivity index (χ2n) is 7.55. The minimum Gasteiger partial charge on any atom is -0.497 e. The topological polar surface area (TPSA) is 67.9 Å². The Balaban J connectivity index is 2.15. The van der Waals surface area contributed by atoms with Gasteiger partial charge in [0.05, 0.1) is 12.1 Å². The summed E-state index contributed by atoms with van der Waals surface area (Å²) in [5.74, 6) is 0.803. The van der Waals surface area contributed by atoms with Gasteiger partial charge in [-0.25, -0.2) is 0 Å². The Morgan fingerprint density at radius 2 is 1.74 bits per heavy atom. The molecule has 0 heterocycles. The highest BCUT2D eigenvalue weighted by Gasteiger charge is 2.26. The van der Waals surface area contributed by atoms with Crippen molar-refractivity contribution in [3.63, 3.8) is 0 Å². The molecule has 2 rings (SSSR count). The second kappa shape index (κ2) is 11.8. The van der Waals surface area contributed by atoms with Crippen LogP contribution < -0.4 is 14.8 Å². The summed E-state index contributed by atoms with van der Waals surface area (Å²) in [6.45, 7) is 6.23. The van der Waals surface area contributed by atoms with Crippen LogP contribution in [0.2, 0.25) is 10.0 Å². The Kier molecular flexibility index (Phi) is 9.46. The van der Waals surface area contributed by atoms with Crippen LogP contribution in [0.4, 0.5) is 0 Å². The van der Waals surface area contributed by atoms with Gasteiger partial charge >= 0.3 is 0 Å². The molecule has 2 amide bonds. The molecule has 0 aliphatic rings. The van der Waals surface area contributed by atoms with E-state index in [0.717, 1.165) is 5.56 Å². The average Bonchev–Trinajstić information content (AvgIpc) is 2.74. The molecule has 0 saturated carbocycles. The van der Waals surface area contributed by atoms with Crippen LogP contribution in [0.3, 0.4) is 0 Å². The number of carbonyl (C=O) groups excluding carboxylic acids is 2. The largest absolute Gasteiger partial charge is 0.497 e. The highest BCUT2D eigenvalue weighted by atomic mass is 35.5. The van der Waals surface area contributed by atoms with E-state index in [0.29, 0.717) is 34.0 Å². The highest BCUT2D eigenvalue weighted by Crippen LogP contribution is 2.27. The molecule has 0 aromatic heterocycles. The Hall–Kier alpha value is -2.44. The standard InChI is InChI=1S/C23H28Cl2N2O4/c1-15(2)12-26-23(29)16(3)27(13-17-5-8-19(30-4)9-6-17)22(28)14-31-21-10-7-18(24)11-20(21)25/h5-11,15-16H,12-14H2,1-4H3,(H,26,29)/t16-/m1/s1. The minimum atomic E-state index is -0.683. The van der Waals surface area contributed by atoms with Gasteiger partial charge in [0.1, 0.15) is 17.5 Å². The SMILES string of the molecule is COc1ccc(CN(C(=O)COc2ccc(Cl)cc2Cl)[C@H](C)C(=O)NCC(C)C)cc1. The summed E-state index contributed by atoms with van der Waals surface area (Å²) >= 11 is 12.0. The summed E-state index contributed by atoms with van der Waals surface area (Å²) in [7, 11) is 1.59. The van der Waals surface area contributed by atoms with Crippen LogP contribution >= 0.6 is 23.2 Å². The summed E-state index contributed by atoms with van der Waals surface area (Å²) in [4.78, 5) is 27.2. The Morgan fingerprint density at radius 3 is 2.32 bits per heavy atom. The zero-order chi connectivity index (χ0) is 23.0. The van der Waals surface area contributed by atoms with Gasteiger partial charge in [-0.1, -0.05) is 49.2 Å². The first-order valence-electron chi connectivity index (χ1n) is 9.99. The van der Waals surface area contributed by atoms with Crippen molar-refractivity contribution in [2.45, 2.75) is 33.4 Å². The second-order valence-corrected chi connectivity index (χ2v) is 8.39. The van der Waals surface area contributed by atoms with Crippen LogP contribution in [0.1, 0.15) is 26.3 Å². The van der Waals surface area contributed by atoms with Crippen LogP contribution in [0.15, 0.2) is 42.5 Å². The number of carbonyl (C=O) groups is 2. The summed E-state index contributed by atoms with van der Waals surface area (Å²) in [6.07, 6.45) is 0. The molecule has 8 heteroatoms. The summed E-state index contributed by atoms with van der Waals surface area (Å²) in [6, 6.07) is 11.4. The number of benzene rings is 2. The van der Waals surface area contributed by atoms with Crippen molar-refractivity contribution < 1.29 is 19.1 Å². The van der Waals surface area contributed by atoms with Crippen LogP contribution in [-0.4, -0.2) is 43.0 Å². The van der Waals surface area contributed by atoms with E-state index in [2.05, 4.69) is 5.32 Å². The van der Waals surface area contributed by atoms with Gasteiger partial charge in [-0.2, -0.15) is 0 Å². The quantitative estimate of drug-likeness (QED) is 0.556. The molecule has 1 atom stereocenters. The van der Waals surface area contributed by atoms with Gasteiger partial charge in [0, 0.05) is 18.1 Å². The zero-order valence-electron chi connectivity index (χ0n) is 18.2. The van der Waals surface area contributed by atoms with Gasteiger partial charge in [-0.05, 0) is 48.7 Å². The monoisotopic (exact) mass is 466 g/mol. The molecule has 2 aromatic carbocycles. The van der Waals surface area contributed by atoms with Crippen LogP contribution in [0.25, 0.3) is 0 Å². The fraction of sp³-hybridized carbons (Fsp3) is 0.391. The maximum Gasteiger partial charge on any atom is 0.261 e. The summed E-state index contributed by atoms with van der Waals surface area (Å²) in [5, 5.41) is 3.66. The van der Waals surface area contributed by atoms with Crippen molar-refractivity contribution >= 4 is 35.0 Å². The molecule has 2 aromatic rings. The molecule has 31 heavy (non-hydrogen) atoms. The van der Waals surface area contributed by atoms with E-state index in [1.54, 1.807) is 32.2 Å². The number of nitrogens with zero attached hydrogens (tertiary/aromatic N) is 1. The van der Waals surface area contributed by atoms with E-state index >= 15 is 0 Å². The third kappa shape index (κ3) is 7.64. The molecule has 0 fully saturated rings. The van der Waals surface area contributed by atoms with Crippen molar-refractivity contribution in [1.29, 1.82) is 0 Å². The number of hydrogen-bond donors (Lipinski definition) is 1. The van der Waals surface area contributed by atoms with Gasteiger partial charge in [-0.15, -0.1) is 0 Å². The third-order valence-corrected chi connectivity index (χ3v) is 5.14. The van der Waals surface area contributed by atoms with E-state index < -0.39 is 6.04 Å². The van der Waals surface area contributed by atoms with Gasteiger partial charge in [-0.3, -0.25) is 9.59 Å². The zero-order valence-corrected chi connectivity index (χ0v) is 19.7.